The predicted molar refractivity (Wildman–Crippen MR) is 57.1 cm³/mol. The molecule has 14 heavy (non-hydrogen) atoms. The molecular formula is C10H18N4. The molecule has 0 unspecified atom stereocenters. The summed E-state index contributed by atoms with van der Waals surface area (Å²) >= 11 is 0. The molecule has 4 nitrogen and oxygen atoms in total. The van der Waals surface area contributed by atoms with Crippen LogP contribution in [0.25, 0.3) is 0 Å². The number of anilines is 1. The van der Waals surface area contributed by atoms with Gasteiger partial charge in [0, 0.05) is 12.2 Å². The van der Waals surface area contributed by atoms with E-state index in [0.717, 1.165) is 18.8 Å². The lowest BCUT2D eigenvalue weighted by Crippen LogP contribution is -2.31. The molecule has 0 radical (unpaired) electrons. The lowest BCUT2D eigenvalue weighted by molar-refractivity contribution is 0.222. The average molecular weight is 194 g/mol. The molecule has 4 heteroatoms. The summed E-state index contributed by atoms with van der Waals surface area (Å²) in [6.45, 7) is 4.30. The SMILES string of the molecule is Cc1cn(C2CCN(C)CC2)c(N)n1. The van der Waals surface area contributed by atoms with Crippen LogP contribution >= 0.6 is 0 Å². The first-order chi connectivity index (χ1) is 6.66. The highest BCUT2D eigenvalue weighted by atomic mass is 15.2. The van der Waals surface area contributed by atoms with E-state index in [1.54, 1.807) is 0 Å². The Hall–Kier alpha value is -1.03. The molecule has 1 aromatic heterocycles. The van der Waals surface area contributed by atoms with Crippen molar-refractivity contribution in [3.05, 3.63) is 11.9 Å². The molecule has 0 aliphatic carbocycles. The van der Waals surface area contributed by atoms with Gasteiger partial charge in [-0.15, -0.1) is 0 Å². The third-order valence-electron chi connectivity index (χ3n) is 2.96. The second kappa shape index (κ2) is 3.61. The average Bonchev–Trinajstić information content (AvgIpc) is 2.47. The Morgan fingerprint density at radius 2 is 2.07 bits per heavy atom. The van der Waals surface area contributed by atoms with Gasteiger partial charge in [-0.05, 0) is 39.9 Å². The van der Waals surface area contributed by atoms with Gasteiger partial charge in [-0.1, -0.05) is 0 Å². The van der Waals surface area contributed by atoms with Crippen LogP contribution in [0.1, 0.15) is 24.6 Å². The summed E-state index contributed by atoms with van der Waals surface area (Å²) in [6.07, 6.45) is 4.41. The Kier molecular flexibility index (Phi) is 2.46. The molecule has 0 atom stereocenters. The topological polar surface area (TPSA) is 47.1 Å². The van der Waals surface area contributed by atoms with Gasteiger partial charge >= 0.3 is 0 Å². The lowest BCUT2D eigenvalue weighted by atomic mass is 10.1. The summed E-state index contributed by atoms with van der Waals surface area (Å²) in [5, 5.41) is 0. The van der Waals surface area contributed by atoms with E-state index in [9.17, 15) is 0 Å². The number of nitrogens with zero attached hydrogens (tertiary/aromatic N) is 3. The molecule has 2 N–H and O–H groups in total. The van der Waals surface area contributed by atoms with Crippen molar-refractivity contribution in [1.82, 2.24) is 14.5 Å². The number of nitrogen functional groups attached to an aromatic ring is 1. The lowest BCUT2D eigenvalue weighted by Gasteiger charge is -2.30. The van der Waals surface area contributed by atoms with Crippen molar-refractivity contribution >= 4 is 5.95 Å². The molecule has 2 rings (SSSR count). The van der Waals surface area contributed by atoms with Crippen LogP contribution in [0.4, 0.5) is 5.95 Å². The van der Waals surface area contributed by atoms with Crippen molar-refractivity contribution < 1.29 is 0 Å². The van der Waals surface area contributed by atoms with Gasteiger partial charge in [0.2, 0.25) is 5.95 Å². The zero-order valence-corrected chi connectivity index (χ0v) is 8.90. The minimum absolute atomic E-state index is 0.549. The van der Waals surface area contributed by atoms with Crippen LogP contribution < -0.4 is 5.73 Å². The number of piperidine rings is 1. The summed E-state index contributed by atoms with van der Waals surface area (Å²) in [5.41, 5.74) is 6.86. The molecule has 2 heterocycles. The van der Waals surface area contributed by atoms with Crippen molar-refractivity contribution in [2.24, 2.45) is 0 Å². The zero-order valence-electron chi connectivity index (χ0n) is 8.90. The number of aryl methyl sites for hydroxylation is 1. The molecule has 1 fully saturated rings. The van der Waals surface area contributed by atoms with Crippen LogP contribution in [-0.4, -0.2) is 34.6 Å². The first kappa shape index (κ1) is 9.52. The zero-order chi connectivity index (χ0) is 10.1. The molecule has 1 saturated heterocycles. The molecular weight excluding hydrogens is 176 g/mol. The third kappa shape index (κ3) is 1.75. The summed E-state index contributed by atoms with van der Waals surface area (Å²) in [6, 6.07) is 0.549. The van der Waals surface area contributed by atoms with Crippen LogP contribution in [-0.2, 0) is 0 Å². The van der Waals surface area contributed by atoms with Gasteiger partial charge in [-0.3, -0.25) is 0 Å². The molecule has 1 aromatic rings. The number of hydrogen-bond donors (Lipinski definition) is 1. The highest BCUT2D eigenvalue weighted by Gasteiger charge is 2.19. The van der Waals surface area contributed by atoms with E-state index >= 15 is 0 Å². The fourth-order valence-electron chi connectivity index (χ4n) is 2.10. The number of imidazole rings is 1. The maximum atomic E-state index is 5.85. The fourth-order valence-corrected chi connectivity index (χ4v) is 2.10. The minimum Gasteiger partial charge on any atom is -0.369 e. The molecule has 1 aliphatic heterocycles. The van der Waals surface area contributed by atoms with Crippen LogP contribution in [0.3, 0.4) is 0 Å². The molecule has 0 saturated carbocycles. The van der Waals surface area contributed by atoms with Crippen LogP contribution in [0, 0.1) is 6.92 Å². The van der Waals surface area contributed by atoms with Crippen molar-refractivity contribution in [2.45, 2.75) is 25.8 Å². The van der Waals surface area contributed by atoms with Crippen molar-refractivity contribution in [1.29, 1.82) is 0 Å². The van der Waals surface area contributed by atoms with E-state index in [2.05, 4.69) is 27.7 Å². The Balaban J connectivity index is 2.11. The van der Waals surface area contributed by atoms with Gasteiger partial charge in [0.25, 0.3) is 0 Å². The summed E-state index contributed by atoms with van der Waals surface area (Å²) < 4.78 is 2.13. The van der Waals surface area contributed by atoms with Gasteiger partial charge < -0.3 is 15.2 Å². The maximum absolute atomic E-state index is 5.85. The van der Waals surface area contributed by atoms with E-state index in [-0.39, 0.29) is 0 Å². The molecule has 0 aromatic carbocycles. The van der Waals surface area contributed by atoms with E-state index in [4.69, 9.17) is 5.73 Å². The highest BCUT2D eigenvalue weighted by Crippen LogP contribution is 2.24. The normalized spacial score (nSPS) is 20.1. The van der Waals surface area contributed by atoms with E-state index in [1.165, 1.54) is 12.8 Å². The first-order valence-electron chi connectivity index (χ1n) is 5.16. The number of rotatable bonds is 1. The van der Waals surface area contributed by atoms with Crippen molar-refractivity contribution in [3.63, 3.8) is 0 Å². The van der Waals surface area contributed by atoms with Gasteiger partial charge in [-0.25, -0.2) is 4.98 Å². The summed E-state index contributed by atoms with van der Waals surface area (Å²) in [5.74, 6) is 0.664. The maximum Gasteiger partial charge on any atom is 0.200 e. The number of hydrogen-bond acceptors (Lipinski definition) is 3. The molecule has 0 amide bonds. The van der Waals surface area contributed by atoms with E-state index in [1.807, 2.05) is 6.92 Å². The highest BCUT2D eigenvalue weighted by molar-refractivity contribution is 5.22. The number of nitrogens with two attached hydrogens (primary N) is 1. The van der Waals surface area contributed by atoms with Crippen LogP contribution in [0.15, 0.2) is 6.20 Å². The second-order valence-electron chi connectivity index (χ2n) is 4.18. The van der Waals surface area contributed by atoms with E-state index in [0.29, 0.717) is 12.0 Å². The number of likely N-dealkylation sites (tertiary alicyclic amines) is 1. The summed E-state index contributed by atoms with van der Waals surface area (Å²) in [7, 11) is 2.17. The van der Waals surface area contributed by atoms with Crippen LogP contribution in [0.2, 0.25) is 0 Å². The number of aromatic nitrogens is 2. The fraction of sp³-hybridized carbons (Fsp3) is 0.700. The van der Waals surface area contributed by atoms with Gasteiger partial charge in [0.15, 0.2) is 0 Å². The molecule has 78 valence electrons. The molecule has 0 spiro atoms. The van der Waals surface area contributed by atoms with Gasteiger partial charge in [-0.2, -0.15) is 0 Å². The third-order valence-corrected chi connectivity index (χ3v) is 2.96. The Morgan fingerprint density at radius 1 is 1.43 bits per heavy atom. The smallest absolute Gasteiger partial charge is 0.200 e. The largest absolute Gasteiger partial charge is 0.369 e. The predicted octanol–water partition coefficient (Wildman–Crippen LogP) is 1.04. The first-order valence-corrected chi connectivity index (χ1v) is 5.16. The Bertz CT molecular complexity index is 310. The summed E-state index contributed by atoms with van der Waals surface area (Å²) in [4.78, 5) is 6.59. The van der Waals surface area contributed by atoms with Crippen molar-refractivity contribution in [3.8, 4) is 0 Å². The van der Waals surface area contributed by atoms with Crippen LogP contribution in [0.5, 0.6) is 0 Å². The molecule has 1 aliphatic rings. The monoisotopic (exact) mass is 194 g/mol. The Labute approximate surface area is 84.7 Å². The minimum atomic E-state index is 0.549. The molecule has 0 bridgehead atoms. The quantitative estimate of drug-likeness (QED) is 0.726. The van der Waals surface area contributed by atoms with Gasteiger partial charge in [0.05, 0.1) is 5.69 Å². The van der Waals surface area contributed by atoms with Gasteiger partial charge in [0.1, 0.15) is 0 Å². The Morgan fingerprint density at radius 3 is 2.57 bits per heavy atom. The van der Waals surface area contributed by atoms with E-state index < -0.39 is 0 Å². The second-order valence-corrected chi connectivity index (χ2v) is 4.18. The van der Waals surface area contributed by atoms with Crippen molar-refractivity contribution in [2.75, 3.05) is 25.9 Å². The standard InChI is InChI=1S/C10H18N4/c1-8-7-14(10(11)12-8)9-3-5-13(2)6-4-9/h7,9H,3-6H2,1-2H3,(H2,11,12).